The number of hydrogen-bond donors (Lipinski definition) is 0. The van der Waals surface area contributed by atoms with Gasteiger partial charge in [0.25, 0.3) is 0 Å². The van der Waals surface area contributed by atoms with Gasteiger partial charge in [0.05, 0.1) is 0 Å². The summed E-state index contributed by atoms with van der Waals surface area (Å²) in [5.74, 6) is 0.789. The van der Waals surface area contributed by atoms with Crippen molar-refractivity contribution < 1.29 is 21.7 Å². The normalized spacial score (nSPS) is 24.2. The zero-order chi connectivity index (χ0) is 11.8. The van der Waals surface area contributed by atoms with Crippen molar-refractivity contribution in [3.63, 3.8) is 0 Å². The van der Waals surface area contributed by atoms with E-state index in [4.69, 9.17) is 0 Å². The summed E-state index contributed by atoms with van der Waals surface area (Å²) in [6, 6.07) is 2.88. The fourth-order valence-electron chi connectivity index (χ4n) is 3.02. The maximum Gasteiger partial charge on any atom is 0.0464 e. The van der Waals surface area contributed by atoms with Crippen molar-refractivity contribution in [3.8, 4) is 0 Å². The molecule has 2 rings (SSSR count). The van der Waals surface area contributed by atoms with Crippen molar-refractivity contribution in [2.45, 2.75) is 64.7 Å². The molecule has 94 valence electrons. The second-order valence-corrected chi connectivity index (χ2v) is 11.7. The van der Waals surface area contributed by atoms with Gasteiger partial charge >= 0.3 is 0 Å². The summed E-state index contributed by atoms with van der Waals surface area (Å²) >= 11 is 0. The SMILES string of the molecule is CC[Si](C)(C)CC1C(C)=[C-]C2=C1CCCC2.[Ti]. The Morgan fingerprint density at radius 3 is 2.53 bits per heavy atom. The van der Waals surface area contributed by atoms with Crippen molar-refractivity contribution in [1.82, 2.24) is 0 Å². The molecule has 1 atom stereocenters. The molecule has 0 saturated carbocycles. The zero-order valence-electron chi connectivity index (χ0n) is 11.8. The molecule has 2 aliphatic carbocycles. The number of rotatable bonds is 3. The Morgan fingerprint density at radius 1 is 1.24 bits per heavy atom. The number of hydrogen-bond acceptors (Lipinski definition) is 0. The first-order chi connectivity index (χ1) is 7.53. The Balaban J connectivity index is 0.00000144. The van der Waals surface area contributed by atoms with Crippen molar-refractivity contribution in [2.75, 3.05) is 0 Å². The van der Waals surface area contributed by atoms with E-state index in [0.29, 0.717) is 0 Å². The van der Waals surface area contributed by atoms with E-state index >= 15 is 0 Å². The molecule has 0 aromatic rings. The molecule has 2 aliphatic rings. The van der Waals surface area contributed by atoms with Crippen LogP contribution in [0.15, 0.2) is 16.7 Å². The van der Waals surface area contributed by atoms with Crippen LogP contribution in [-0.4, -0.2) is 8.07 Å². The van der Waals surface area contributed by atoms with E-state index in [0.717, 1.165) is 5.92 Å². The van der Waals surface area contributed by atoms with Crippen LogP contribution in [-0.2, 0) is 21.7 Å². The van der Waals surface area contributed by atoms with Gasteiger partial charge in [-0.15, -0.1) is 0 Å². The van der Waals surface area contributed by atoms with Crippen LogP contribution in [0.1, 0.15) is 39.5 Å². The van der Waals surface area contributed by atoms with Crippen LogP contribution in [0.2, 0.25) is 25.2 Å². The van der Waals surface area contributed by atoms with Gasteiger partial charge < -0.3 is 0 Å². The summed E-state index contributed by atoms with van der Waals surface area (Å²) < 4.78 is 0. The van der Waals surface area contributed by atoms with Crippen LogP contribution < -0.4 is 0 Å². The van der Waals surface area contributed by atoms with Crippen LogP contribution >= 0.6 is 0 Å². The second kappa shape index (κ2) is 6.04. The molecule has 2 heteroatoms. The number of allylic oxidation sites excluding steroid dienone is 4. The van der Waals surface area contributed by atoms with Gasteiger partial charge in [-0.3, -0.25) is 0 Å². The van der Waals surface area contributed by atoms with Crippen molar-refractivity contribution in [2.24, 2.45) is 5.92 Å². The molecular formula is C15H25SiTi-. The van der Waals surface area contributed by atoms with Crippen LogP contribution in [0.5, 0.6) is 0 Å². The van der Waals surface area contributed by atoms with Crippen molar-refractivity contribution >= 4 is 8.07 Å². The predicted molar refractivity (Wildman–Crippen MR) is 74.2 cm³/mol. The minimum absolute atomic E-state index is 0. The summed E-state index contributed by atoms with van der Waals surface area (Å²) in [4.78, 5) is 0. The van der Waals surface area contributed by atoms with Gasteiger partial charge in [-0.05, 0) is 0 Å². The molecule has 0 amide bonds. The molecule has 0 spiro atoms. The maximum atomic E-state index is 3.67. The van der Waals surface area contributed by atoms with Crippen molar-refractivity contribution in [1.29, 1.82) is 0 Å². The molecule has 0 saturated heterocycles. The summed E-state index contributed by atoms with van der Waals surface area (Å²) in [5.41, 5.74) is 4.91. The first-order valence-corrected chi connectivity index (χ1v) is 10.3. The molecule has 0 heterocycles. The molecule has 0 aromatic carbocycles. The van der Waals surface area contributed by atoms with Gasteiger partial charge in [-0.1, -0.05) is 70.6 Å². The monoisotopic (exact) mass is 281 g/mol. The standard InChI is InChI=1S/C15H25Si.Ti/c1-5-16(3,4)11-15-12(2)10-13-8-6-7-9-14(13)15;/h15H,5-9,11H2,1-4H3;/q-1;. The van der Waals surface area contributed by atoms with Crippen molar-refractivity contribution in [3.05, 3.63) is 22.8 Å². The quantitative estimate of drug-likeness (QED) is 0.506. The third-order valence-electron chi connectivity index (χ3n) is 4.52. The molecule has 0 aliphatic heterocycles. The van der Waals surface area contributed by atoms with Gasteiger partial charge in [0.1, 0.15) is 0 Å². The van der Waals surface area contributed by atoms with Gasteiger partial charge in [-0.25, -0.2) is 17.2 Å². The third kappa shape index (κ3) is 3.45. The Morgan fingerprint density at radius 2 is 1.88 bits per heavy atom. The Bertz CT molecular complexity index is 339. The second-order valence-electron chi connectivity index (χ2n) is 6.29. The molecule has 0 fully saturated rings. The van der Waals surface area contributed by atoms with Crippen LogP contribution in [0.3, 0.4) is 0 Å². The third-order valence-corrected chi connectivity index (χ3v) is 7.94. The first-order valence-electron chi connectivity index (χ1n) is 6.86. The minimum Gasteiger partial charge on any atom is -0.249 e. The van der Waals surface area contributed by atoms with Crippen LogP contribution in [0.25, 0.3) is 0 Å². The van der Waals surface area contributed by atoms with Gasteiger partial charge in [0.15, 0.2) is 0 Å². The molecule has 0 bridgehead atoms. The van der Waals surface area contributed by atoms with E-state index in [1.54, 1.807) is 16.7 Å². The Labute approximate surface area is 123 Å². The van der Waals surface area contributed by atoms with Gasteiger partial charge in [0.2, 0.25) is 0 Å². The molecule has 0 radical (unpaired) electrons. The molecule has 0 nitrogen and oxygen atoms in total. The van der Waals surface area contributed by atoms with Gasteiger partial charge in [0, 0.05) is 29.8 Å². The molecule has 0 aromatic heterocycles. The van der Waals surface area contributed by atoms with E-state index in [-0.39, 0.29) is 21.7 Å². The molecule has 1 unspecified atom stereocenters. The largest absolute Gasteiger partial charge is 0.249 e. The van der Waals surface area contributed by atoms with Crippen LogP contribution in [0.4, 0.5) is 0 Å². The average molecular weight is 281 g/mol. The summed E-state index contributed by atoms with van der Waals surface area (Å²) in [5, 5.41) is 0. The zero-order valence-corrected chi connectivity index (χ0v) is 14.4. The average Bonchev–Trinajstić information content (AvgIpc) is 2.56. The summed E-state index contributed by atoms with van der Waals surface area (Å²) in [6.45, 7) is 9.77. The summed E-state index contributed by atoms with van der Waals surface area (Å²) in [7, 11) is -0.955. The predicted octanol–water partition coefficient (Wildman–Crippen LogP) is 4.96. The molecular weight excluding hydrogens is 256 g/mol. The Hall–Kier alpha value is 0.411. The minimum atomic E-state index is -0.955. The Kier molecular flexibility index (Phi) is 5.49. The van der Waals surface area contributed by atoms with E-state index < -0.39 is 8.07 Å². The first kappa shape index (κ1) is 15.5. The van der Waals surface area contributed by atoms with Gasteiger partial charge in [-0.2, -0.15) is 5.57 Å². The van der Waals surface area contributed by atoms with E-state index in [9.17, 15) is 0 Å². The molecule has 17 heavy (non-hydrogen) atoms. The van der Waals surface area contributed by atoms with Crippen LogP contribution in [0, 0.1) is 12.0 Å². The fourth-order valence-corrected chi connectivity index (χ4v) is 4.96. The maximum absolute atomic E-state index is 3.67. The van der Waals surface area contributed by atoms with E-state index in [1.165, 1.54) is 37.8 Å². The molecule has 0 N–H and O–H groups in total. The van der Waals surface area contributed by atoms with E-state index in [2.05, 4.69) is 33.0 Å². The topological polar surface area (TPSA) is 0 Å². The fraction of sp³-hybridized carbons (Fsp3) is 0.733. The summed E-state index contributed by atoms with van der Waals surface area (Å²) in [6.07, 6.45) is 9.14. The van der Waals surface area contributed by atoms with E-state index in [1.807, 2.05) is 0 Å². The smallest absolute Gasteiger partial charge is 0.0464 e.